The van der Waals surface area contributed by atoms with Gasteiger partial charge in [-0.3, -0.25) is 9.69 Å². The van der Waals surface area contributed by atoms with E-state index in [0.29, 0.717) is 0 Å². The number of hydrogen-bond donors (Lipinski definition) is 1. The van der Waals surface area contributed by atoms with Gasteiger partial charge in [-0.1, -0.05) is 30.3 Å². The second-order valence-corrected chi connectivity index (χ2v) is 4.21. The van der Waals surface area contributed by atoms with Crippen molar-refractivity contribution in [2.75, 3.05) is 13.1 Å². The highest BCUT2D eigenvalue weighted by Gasteiger charge is 2.43. The van der Waals surface area contributed by atoms with Crippen LogP contribution in [0, 0.1) is 0 Å². The Morgan fingerprint density at radius 3 is 2.71 bits per heavy atom. The fourth-order valence-electron chi connectivity index (χ4n) is 1.94. The Bertz CT molecular complexity index is 445. The first-order valence-corrected chi connectivity index (χ1v) is 5.26. The van der Waals surface area contributed by atoms with Gasteiger partial charge in [-0.25, -0.2) is 4.79 Å². The van der Waals surface area contributed by atoms with Crippen LogP contribution < -0.4 is 0 Å². The molecule has 1 fully saturated rings. The Hall–Kier alpha value is -2.04. The molecule has 90 valence electrons. The van der Waals surface area contributed by atoms with Crippen LogP contribution in [-0.4, -0.2) is 35.2 Å². The maximum atomic E-state index is 11.5. The van der Waals surface area contributed by atoms with Crippen molar-refractivity contribution in [3.8, 4) is 0 Å². The first-order valence-electron chi connectivity index (χ1n) is 5.26. The lowest BCUT2D eigenvalue weighted by atomic mass is 9.96. The summed E-state index contributed by atoms with van der Waals surface area (Å²) in [6.07, 6.45) is -0.584. The largest absolute Gasteiger partial charge is 0.480 e. The van der Waals surface area contributed by atoms with Gasteiger partial charge in [-0.2, -0.15) is 0 Å². The summed E-state index contributed by atoms with van der Waals surface area (Å²) in [5.74, 6) is -1.04. The van der Waals surface area contributed by atoms with Crippen molar-refractivity contribution in [1.29, 1.82) is 0 Å². The van der Waals surface area contributed by atoms with Crippen molar-refractivity contribution in [3.05, 3.63) is 35.9 Å². The first-order chi connectivity index (χ1) is 8.01. The van der Waals surface area contributed by atoms with E-state index < -0.39 is 17.7 Å². The van der Waals surface area contributed by atoms with Crippen LogP contribution in [0.5, 0.6) is 0 Å². The standard InChI is InChI=1S/C12H13NO4/c1-12(9-5-3-2-4-6-9)8-13(7-10(14)15)11(16)17-12/h2-6H,7-8H2,1H3,(H,14,15). The van der Waals surface area contributed by atoms with Crippen LogP contribution in [0.1, 0.15) is 12.5 Å². The van der Waals surface area contributed by atoms with Crippen molar-refractivity contribution in [3.63, 3.8) is 0 Å². The van der Waals surface area contributed by atoms with Crippen molar-refractivity contribution in [1.82, 2.24) is 4.90 Å². The van der Waals surface area contributed by atoms with Gasteiger partial charge < -0.3 is 9.84 Å². The lowest BCUT2D eigenvalue weighted by Gasteiger charge is -2.21. The van der Waals surface area contributed by atoms with Gasteiger partial charge in [0.05, 0.1) is 6.54 Å². The Kier molecular flexibility index (Phi) is 2.75. The number of amides is 1. The van der Waals surface area contributed by atoms with Crippen LogP contribution in [0.4, 0.5) is 4.79 Å². The third kappa shape index (κ3) is 2.22. The van der Waals surface area contributed by atoms with Gasteiger partial charge >= 0.3 is 12.1 Å². The predicted octanol–water partition coefficient (Wildman–Crippen LogP) is 1.44. The van der Waals surface area contributed by atoms with Crippen molar-refractivity contribution in [2.45, 2.75) is 12.5 Å². The summed E-state index contributed by atoms with van der Waals surface area (Å²) in [5.41, 5.74) is 0.0922. The lowest BCUT2D eigenvalue weighted by Crippen LogP contribution is -2.33. The summed E-state index contributed by atoms with van der Waals surface area (Å²) >= 11 is 0. The van der Waals surface area contributed by atoms with E-state index in [1.54, 1.807) is 6.92 Å². The van der Waals surface area contributed by atoms with Crippen molar-refractivity contribution in [2.24, 2.45) is 0 Å². The van der Waals surface area contributed by atoms with Crippen LogP contribution in [0.25, 0.3) is 0 Å². The minimum atomic E-state index is -1.04. The molecule has 0 saturated carbocycles. The molecule has 1 N–H and O–H groups in total. The van der Waals surface area contributed by atoms with Gasteiger partial charge in [0.25, 0.3) is 0 Å². The Balaban J connectivity index is 2.20. The van der Waals surface area contributed by atoms with Gasteiger partial charge in [0.15, 0.2) is 5.60 Å². The molecule has 1 aromatic carbocycles. The fourth-order valence-corrected chi connectivity index (χ4v) is 1.94. The van der Waals surface area contributed by atoms with E-state index in [-0.39, 0.29) is 13.1 Å². The van der Waals surface area contributed by atoms with Gasteiger partial charge in [0.1, 0.15) is 6.54 Å². The minimum absolute atomic E-state index is 0.252. The molecule has 0 aromatic heterocycles. The number of ether oxygens (including phenoxy) is 1. The number of carboxylic acids is 1. The summed E-state index contributed by atoms with van der Waals surface area (Å²) in [6, 6.07) is 9.30. The molecule has 0 aliphatic carbocycles. The molecule has 0 bridgehead atoms. The third-order valence-corrected chi connectivity index (χ3v) is 2.77. The molecule has 1 aliphatic rings. The van der Waals surface area contributed by atoms with Crippen LogP contribution in [0.2, 0.25) is 0 Å². The highest BCUT2D eigenvalue weighted by Crippen LogP contribution is 2.32. The third-order valence-electron chi connectivity index (χ3n) is 2.77. The highest BCUT2D eigenvalue weighted by atomic mass is 16.6. The Morgan fingerprint density at radius 1 is 1.47 bits per heavy atom. The quantitative estimate of drug-likeness (QED) is 0.860. The summed E-state index contributed by atoms with van der Waals surface area (Å²) in [5, 5.41) is 8.68. The highest BCUT2D eigenvalue weighted by molar-refractivity contribution is 5.78. The Labute approximate surface area is 98.6 Å². The molecule has 0 radical (unpaired) electrons. The van der Waals surface area contributed by atoms with Gasteiger partial charge in [-0.05, 0) is 12.5 Å². The number of aliphatic carboxylic acids is 1. The van der Waals surface area contributed by atoms with E-state index >= 15 is 0 Å². The van der Waals surface area contributed by atoms with E-state index in [4.69, 9.17) is 9.84 Å². The number of hydrogen-bond acceptors (Lipinski definition) is 3. The monoisotopic (exact) mass is 235 g/mol. The molecule has 17 heavy (non-hydrogen) atoms. The summed E-state index contributed by atoms with van der Waals surface area (Å²) in [7, 11) is 0. The average molecular weight is 235 g/mol. The molecular weight excluding hydrogens is 222 g/mol. The average Bonchev–Trinajstić information content (AvgIpc) is 2.56. The molecule has 0 spiro atoms. The molecule has 1 atom stereocenters. The van der Waals surface area contributed by atoms with E-state index in [9.17, 15) is 9.59 Å². The number of carboxylic acid groups (broad SMARTS) is 1. The van der Waals surface area contributed by atoms with Gasteiger partial charge in [0, 0.05) is 0 Å². The first kappa shape index (κ1) is 11.4. The zero-order valence-corrected chi connectivity index (χ0v) is 9.42. The van der Waals surface area contributed by atoms with Gasteiger partial charge in [0.2, 0.25) is 0 Å². The molecular formula is C12H13NO4. The fraction of sp³-hybridized carbons (Fsp3) is 0.333. The summed E-state index contributed by atoms with van der Waals surface area (Å²) < 4.78 is 5.27. The molecule has 1 saturated heterocycles. The maximum Gasteiger partial charge on any atom is 0.411 e. The second kappa shape index (κ2) is 4.08. The van der Waals surface area contributed by atoms with Crippen LogP contribution in [0.3, 0.4) is 0 Å². The second-order valence-electron chi connectivity index (χ2n) is 4.21. The lowest BCUT2D eigenvalue weighted by molar-refractivity contribution is -0.137. The van der Waals surface area contributed by atoms with Crippen LogP contribution in [0.15, 0.2) is 30.3 Å². The number of cyclic esters (lactones) is 1. The number of rotatable bonds is 3. The number of carbonyl (C=O) groups excluding carboxylic acids is 1. The smallest absolute Gasteiger partial charge is 0.411 e. The zero-order valence-electron chi connectivity index (χ0n) is 9.42. The predicted molar refractivity (Wildman–Crippen MR) is 59.5 cm³/mol. The molecule has 2 rings (SSSR count). The van der Waals surface area contributed by atoms with E-state index in [0.717, 1.165) is 5.56 Å². The minimum Gasteiger partial charge on any atom is -0.480 e. The zero-order chi connectivity index (χ0) is 12.5. The molecule has 1 amide bonds. The molecule has 1 heterocycles. The van der Waals surface area contributed by atoms with Crippen molar-refractivity contribution < 1.29 is 19.4 Å². The summed E-state index contributed by atoms with van der Waals surface area (Å²) in [6.45, 7) is 1.70. The number of nitrogens with zero attached hydrogens (tertiary/aromatic N) is 1. The van der Waals surface area contributed by atoms with Gasteiger partial charge in [-0.15, -0.1) is 0 Å². The van der Waals surface area contributed by atoms with E-state index in [1.807, 2.05) is 30.3 Å². The van der Waals surface area contributed by atoms with Crippen LogP contribution in [-0.2, 0) is 15.1 Å². The topological polar surface area (TPSA) is 66.8 Å². The summed E-state index contributed by atoms with van der Waals surface area (Å²) in [4.78, 5) is 23.3. The Morgan fingerprint density at radius 2 is 2.12 bits per heavy atom. The van der Waals surface area contributed by atoms with E-state index in [2.05, 4.69) is 0 Å². The molecule has 5 heteroatoms. The maximum absolute atomic E-state index is 11.5. The molecule has 1 aromatic rings. The molecule has 5 nitrogen and oxygen atoms in total. The van der Waals surface area contributed by atoms with E-state index in [1.165, 1.54) is 4.90 Å². The van der Waals surface area contributed by atoms with Crippen LogP contribution >= 0.6 is 0 Å². The molecule has 1 unspecified atom stereocenters. The number of carbonyl (C=O) groups is 2. The number of benzene rings is 1. The normalized spacial score (nSPS) is 23.6. The van der Waals surface area contributed by atoms with Crippen molar-refractivity contribution >= 4 is 12.1 Å². The molecule has 1 aliphatic heterocycles. The SMILES string of the molecule is CC1(c2ccccc2)CN(CC(=O)O)C(=O)O1.